The van der Waals surface area contributed by atoms with Crippen LogP contribution in [0.1, 0.15) is 104 Å². The van der Waals surface area contributed by atoms with Gasteiger partial charge < -0.3 is 60.5 Å². The number of aliphatic hydroxyl groups excluding tert-OH is 10. The molecule has 2 rings (SSSR count). The van der Waals surface area contributed by atoms with Crippen molar-refractivity contribution in [3.05, 3.63) is 60.3 Å². The highest BCUT2D eigenvalue weighted by Gasteiger charge is 2.48. The molecule has 2 aliphatic heterocycles. The standard InChI is InChI=1S/C42H70O17S/c1-26(19-27(2)23-35(49)36(50)25-37-40(52)41(53)42(59-60(54,55)56)38(58-37)24-30(45)17-18-43)20-31(46)21-28(3)22-32-13-8-6-4-5-7-11-29(44)12-9-10-14-33(47)34(48)15-16-39(51)57-32/h4,6,9,12,15-16,20,28-38,40-50,52-53H,2,5,7-8,10-11,13-14,17-19,21-25H2,1,3H3,(H,54,55,56)/b6-4+,12-9+,16-15+,26-20+. The monoisotopic (exact) mass is 878 g/mol. The topological polar surface area (TPSA) is 301 Å². The quantitative estimate of drug-likeness (QED) is 0.0527. The van der Waals surface area contributed by atoms with Crippen molar-refractivity contribution in [2.75, 3.05) is 6.61 Å². The van der Waals surface area contributed by atoms with Crippen LogP contribution in [0.3, 0.4) is 0 Å². The Bertz CT molecular complexity index is 1500. The second-order valence-electron chi connectivity index (χ2n) is 16.3. The average molecular weight is 879 g/mol. The van der Waals surface area contributed by atoms with Gasteiger partial charge in [0.25, 0.3) is 0 Å². The van der Waals surface area contributed by atoms with E-state index in [0.29, 0.717) is 44.1 Å². The van der Waals surface area contributed by atoms with Crippen LogP contribution in [-0.4, -0.2) is 156 Å². The van der Waals surface area contributed by atoms with Crippen LogP contribution in [0.4, 0.5) is 0 Å². The van der Waals surface area contributed by atoms with Gasteiger partial charge in [-0.25, -0.2) is 8.98 Å². The first kappa shape index (κ1) is 53.7. The summed E-state index contributed by atoms with van der Waals surface area (Å²) in [7, 11) is -5.12. The van der Waals surface area contributed by atoms with E-state index in [4.69, 9.17) is 14.6 Å². The molecule has 60 heavy (non-hydrogen) atoms. The van der Waals surface area contributed by atoms with E-state index in [1.807, 2.05) is 19.1 Å². The number of aliphatic hydroxyl groups is 10. The third-order valence-electron chi connectivity index (χ3n) is 10.5. The van der Waals surface area contributed by atoms with Crippen LogP contribution in [0, 0.1) is 5.92 Å². The van der Waals surface area contributed by atoms with Crippen molar-refractivity contribution in [2.45, 2.75) is 183 Å². The van der Waals surface area contributed by atoms with E-state index in [-0.39, 0.29) is 38.0 Å². The second kappa shape index (κ2) is 27.6. The molecule has 14 unspecified atom stereocenters. The summed E-state index contributed by atoms with van der Waals surface area (Å²) in [5, 5.41) is 104. The number of carbonyl (C=O) groups excluding carboxylic acids is 1. The lowest BCUT2D eigenvalue weighted by Crippen LogP contribution is -2.60. The molecule has 1 saturated heterocycles. The molecule has 2 aliphatic rings. The minimum atomic E-state index is -5.12. The van der Waals surface area contributed by atoms with E-state index in [1.165, 1.54) is 6.08 Å². The van der Waals surface area contributed by atoms with Crippen molar-refractivity contribution >= 4 is 16.4 Å². The van der Waals surface area contributed by atoms with Crippen LogP contribution in [0.5, 0.6) is 0 Å². The Morgan fingerprint density at radius 2 is 1.60 bits per heavy atom. The SMILES string of the molecule is C=C(C/C(C)=C/C(O)CC(C)CC1CC/C=C/CCCC(O)/C=C/CCC(O)C(O)/C=C/C(=O)O1)CC(O)C(O)CC1OC(CC(O)CCO)C(OS(=O)(=O)O)C(O)C1O. The van der Waals surface area contributed by atoms with Crippen molar-refractivity contribution in [3.63, 3.8) is 0 Å². The number of rotatable bonds is 18. The Hall–Kier alpha value is -2.40. The summed E-state index contributed by atoms with van der Waals surface area (Å²) in [6, 6.07) is 0. The van der Waals surface area contributed by atoms with Gasteiger partial charge in [0.1, 0.15) is 24.4 Å². The molecule has 1 fully saturated rings. The lowest BCUT2D eigenvalue weighted by molar-refractivity contribution is -0.228. The van der Waals surface area contributed by atoms with E-state index < -0.39 is 109 Å². The number of esters is 1. The van der Waals surface area contributed by atoms with Crippen molar-refractivity contribution in [3.8, 4) is 0 Å². The maximum absolute atomic E-state index is 12.7. The van der Waals surface area contributed by atoms with Crippen LogP contribution in [0.15, 0.2) is 60.3 Å². The highest BCUT2D eigenvalue weighted by molar-refractivity contribution is 7.80. The Morgan fingerprint density at radius 1 is 0.917 bits per heavy atom. The van der Waals surface area contributed by atoms with E-state index in [0.717, 1.165) is 24.5 Å². The molecule has 2 heterocycles. The van der Waals surface area contributed by atoms with Crippen LogP contribution >= 0.6 is 0 Å². The molecule has 0 amide bonds. The predicted molar refractivity (Wildman–Crippen MR) is 220 cm³/mol. The zero-order chi connectivity index (χ0) is 45.0. The van der Waals surface area contributed by atoms with E-state index in [2.05, 4.69) is 10.8 Å². The van der Waals surface area contributed by atoms with E-state index >= 15 is 0 Å². The largest absolute Gasteiger partial charge is 0.459 e. The van der Waals surface area contributed by atoms with Crippen LogP contribution in [0.2, 0.25) is 0 Å². The third-order valence-corrected chi connectivity index (χ3v) is 11.0. The predicted octanol–water partition coefficient (Wildman–Crippen LogP) is 1.38. The molecule has 0 spiro atoms. The lowest BCUT2D eigenvalue weighted by Gasteiger charge is -2.43. The first-order valence-electron chi connectivity index (χ1n) is 20.8. The third kappa shape index (κ3) is 21.6. The molecule has 18 heteroatoms. The van der Waals surface area contributed by atoms with E-state index in [1.54, 1.807) is 25.2 Å². The smallest absolute Gasteiger partial charge is 0.397 e. The molecular formula is C42H70O17S. The first-order chi connectivity index (χ1) is 28.2. The van der Waals surface area contributed by atoms with Gasteiger partial charge in [-0.3, -0.25) is 4.55 Å². The number of hydrogen-bond donors (Lipinski definition) is 11. The number of ether oxygens (including phenoxy) is 2. The number of cyclic esters (lactones) is 1. The van der Waals surface area contributed by atoms with Gasteiger partial charge in [-0.2, -0.15) is 8.42 Å². The van der Waals surface area contributed by atoms with Gasteiger partial charge in [0, 0.05) is 25.5 Å². The molecule has 11 N–H and O–H groups in total. The van der Waals surface area contributed by atoms with Crippen molar-refractivity contribution < 1.29 is 82.5 Å². The van der Waals surface area contributed by atoms with Crippen LogP contribution in [0.25, 0.3) is 0 Å². The Balaban J connectivity index is 1.97. The normalized spacial score (nSPS) is 32.5. The summed E-state index contributed by atoms with van der Waals surface area (Å²) >= 11 is 0. The number of hydrogen-bond acceptors (Lipinski definition) is 16. The zero-order valence-corrected chi connectivity index (χ0v) is 35.5. The summed E-state index contributed by atoms with van der Waals surface area (Å²) in [4.78, 5) is 12.7. The molecule has 0 aromatic heterocycles. The number of carbonyl (C=O) groups is 1. The highest BCUT2D eigenvalue weighted by atomic mass is 32.3. The fourth-order valence-corrected chi connectivity index (χ4v) is 7.90. The van der Waals surface area contributed by atoms with Crippen molar-refractivity contribution in [1.29, 1.82) is 0 Å². The fourth-order valence-electron chi connectivity index (χ4n) is 7.39. The molecule has 0 aromatic carbocycles. The van der Waals surface area contributed by atoms with Gasteiger partial charge in [-0.05, 0) is 96.0 Å². The molecule has 17 nitrogen and oxygen atoms in total. The molecule has 14 atom stereocenters. The van der Waals surface area contributed by atoms with Gasteiger partial charge in [0.05, 0.1) is 54.9 Å². The van der Waals surface area contributed by atoms with Gasteiger partial charge in [-0.15, -0.1) is 0 Å². The molecule has 346 valence electrons. The summed E-state index contributed by atoms with van der Waals surface area (Å²) in [5.74, 6) is -0.760. The molecule has 0 radical (unpaired) electrons. The van der Waals surface area contributed by atoms with Crippen LogP contribution < -0.4 is 0 Å². The minimum absolute atomic E-state index is 0.0948. The molecule has 0 bridgehead atoms. The second-order valence-corrected chi connectivity index (χ2v) is 17.3. The molecular weight excluding hydrogens is 809 g/mol. The summed E-state index contributed by atoms with van der Waals surface area (Å²) < 4.78 is 47.9. The average Bonchev–Trinajstić information content (AvgIpc) is 3.14. The minimum Gasteiger partial charge on any atom is -0.459 e. The van der Waals surface area contributed by atoms with Gasteiger partial charge in [-0.1, -0.05) is 55.0 Å². The fraction of sp³-hybridized carbons (Fsp3) is 0.738. The first-order valence-corrected chi connectivity index (χ1v) is 22.1. The zero-order valence-electron chi connectivity index (χ0n) is 34.7. The van der Waals surface area contributed by atoms with Crippen molar-refractivity contribution in [2.24, 2.45) is 5.92 Å². The van der Waals surface area contributed by atoms with Gasteiger partial charge in [0.2, 0.25) is 0 Å². The summed E-state index contributed by atoms with van der Waals surface area (Å²) in [6.45, 7) is 7.24. The lowest BCUT2D eigenvalue weighted by atomic mass is 9.88. The number of allylic oxidation sites excluding steroid dienone is 4. The van der Waals surface area contributed by atoms with Gasteiger partial charge >= 0.3 is 16.4 Å². The summed E-state index contributed by atoms with van der Waals surface area (Å²) in [6.07, 6.45) is -1.47. The Labute approximate surface area is 354 Å². The van der Waals surface area contributed by atoms with Gasteiger partial charge in [0.15, 0.2) is 0 Å². The molecule has 0 saturated carbocycles. The Kier molecular flexibility index (Phi) is 24.7. The van der Waals surface area contributed by atoms with Crippen LogP contribution in [-0.2, 0) is 28.9 Å². The van der Waals surface area contributed by atoms with Crippen molar-refractivity contribution in [1.82, 2.24) is 0 Å². The summed E-state index contributed by atoms with van der Waals surface area (Å²) in [5.41, 5.74) is 1.22. The molecule has 0 aliphatic carbocycles. The Morgan fingerprint density at radius 3 is 2.28 bits per heavy atom. The maximum atomic E-state index is 12.7. The molecule has 0 aromatic rings. The maximum Gasteiger partial charge on any atom is 0.397 e. The van der Waals surface area contributed by atoms with E-state index in [9.17, 15) is 63.7 Å². The highest BCUT2D eigenvalue weighted by Crippen LogP contribution is 2.31.